The maximum absolute atomic E-state index is 13.0. The summed E-state index contributed by atoms with van der Waals surface area (Å²) in [5.41, 5.74) is 0.827. The van der Waals surface area contributed by atoms with Gasteiger partial charge in [-0.2, -0.15) is 0 Å². The molecule has 0 N–H and O–H groups in total. The summed E-state index contributed by atoms with van der Waals surface area (Å²) in [4.78, 5) is 12.3. The molecule has 0 heterocycles. The fourth-order valence-corrected chi connectivity index (χ4v) is 4.36. The molecule has 4 nitrogen and oxygen atoms in total. The largest absolute Gasteiger partial charge is 0.466 e. The van der Waals surface area contributed by atoms with Gasteiger partial charge in [-0.05, 0) is 23.1 Å². The van der Waals surface area contributed by atoms with Crippen molar-refractivity contribution in [2.45, 2.75) is 4.90 Å². The van der Waals surface area contributed by atoms with Crippen molar-refractivity contribution in [1.82, 2.24) is 0 Å². The minimum Gasteiger partial charge on any atom is -0.466 e. The first-order chi connectivity index (χ1) is 12.5. The highest BCUT2D eigenvalue weighted by molar-refractivity contribution is 7.91. The minimum atomic E-state index is -3.73. The number of fused-ring (bicyclic) bond motifs is 1. The number of esters is 1. The molecule has 0 aliphatic carbocycles. The van der Waals surface area contributed by atoms with Crippen LogP contribution in [0.1, 0.15) is 5.56 Å². The zero-order chi connectivity index (χ0) is 18.6. The molecule has 0 amide bonds. The SMILES string of the molecule is COC(=O)/C(=C/c1ccccc1)CS(=O)(=O)c1cccc2ccccc12. The number of methoxy groups -OCH3 is 1. The van der Waals surface area contributed by atoms with Gasteiger partial charge in [0.25, 0.3) is 0 Å². The monoisotopic (exact) mass is 366 g/mol. The molecular weight excluding hydrogens is 348 g/mol. The van der Waals surface area contributed by atoms with Gasteiger partial charge < -0.3 is 4.74 Å². The van der Waals surface area contributed by atoms with E-state index in [1.54, 1.807) is 42.5 Å². The fourth-order valence-electron chi connectivity index (χ4n) is 2.79. The summed E-state index contributed by atoms with van der Waals surface area (Å²) >= 11 is 0. The van der Waals surface area contributed by atoms with Crippen molar-refractivity contribution in [3.8, 4) is 0 Å². The third kappa shape index (κ3) is 3.83. The molecule has 0 atom stereocenters. The molecule has 0 aliphatic heterocycles. The van der Waals surface area contributed by atoms with Crippen LogP contribution in [-0.2, 0) is 19.4 Å². The summed E-state index contributed by atoms with van der Waals surface area (Å²) in [7, 11) is -2.49. The second-order valence-electron chi connectivity index (χ2n) is 5.81. The molecule has 0 aromatic heterocycles. The zero-order valence-corrected chi connectivity index (χ0v) is 15.1. The maximum Gasteiger partial charge on any atom is 0.334 e. The molecule has 0 bridgehead atoms. The van der Waals surface area contributed by atoms with Gasteiger partial charge in [-0.1, -0.05) is 66.7 Å². The van der Waals surface area contributed by atoms with E-state index >= 15 is 0 Å². The number of rotatable bonds is 5. The summed E-state index contributed by atoms with van der Waals surface area (Å²) in [6.45, 7) is 0. The number of carbonyl (C=O) groups is 1. The molecular formula is C21H18O4S. The van der Waals surface area contributed by atoms with Crippen molar-refractivity contribution in [3.63, 3.8) is 0 Å². The molecule has 3 aromatic carbocycles. The fraction of sp³-hybridized carbons (Fsp3) is 0.0952. The Morgan fingerprint density at radius 1 is 0.923 bits per heavy atom. The molecule has 0 saturated carbocycles. The number of sulfone groups is 1. The average Bonchev–Trinajstić information content (AvgIpc) is 2.67. The topological polar surface area (TPSA) is 60.4 Å². The Morgan fingerprint density at radius 3 is 2.31 bits per heavy atom. The van der Waals surface area contributed by atoms with Gasteiger partial charge in [-0.25, -0.2) is 13.2 Å². The van der Waals surface area contributed by atoms with Crippen molar-refractivity contribution in [3.05, 3.63) is 83.9 Å². The Balaban J connectivity index is 2.05. The summed E-state index contributed by atoms with van der Waals surface area (Å²) < 4.78 is 30.8. The normalized spacial score (nSPS) is 12.1. The lowest BCUT2D eigenvalue weighted by molar-refractivity contribution is -0.135. The van der Waals surface area contributed by atoms with Crippen LogP contribution in [0.4, 0.5) is 0 Å². The van der Waals surface area contributed by atoms with E-state index in [2.05, 4.69) is 0 Å². The van der Waals surface area contributed by atoms with Gasteiger partial charge in [-0.3, -0.25) is 0 Å². The molecule has 0 fully saturated rings. The standard InChI is InChI=1S/C21H18O4S/c1-25-21(22)18(14-16-8-3-2-4-9-16)15-26(23,24)20-13-7-11-17-10-5-6-12-19(17)20/h2-14H,15H2,1H3/b18-14+. The molecule has 3 rings (SSSR count). The Hall–Kier alpha value is -2.92. The lowest BCUT2D eigenvalue weighted by atomic mass is 10.1. The predicted octanol–water partition coefficient (Wildman–Crippen LogP) is 3.87. The van der Waals surface area contributed by atoms with E-state index in [1.807, 2.05) is 36.4 Å². The molecule has 26 heavy (non-hydrogen) atoms. The van der Waals surface area contributed by atoms with Gasteiger partial charge in [0.1, 0.15) is 0 Å². The molecule has 0 unspecified atom stereocenters. The van der Waals surface area contributed by atoms with E-state index in [4.69, 9.17) is 4.74 Å². The smallest absolute Gasteiger partial charge is 0.334 e. The van der Waals surface area contributed by atoms with Gasteiger partial charge in [0.05, 0.1) is 23.3 Å². The van der Waals surface area contributed by atoms with Crippen LogP contribution in [0.3, 0.4) is 0 Å². The third-order valence-electron chi connectivity index (χ3n) is 4.02. The van der Waals surface area contributed by atoms with Crippen LogP contribution in [-0.4, -0.2) is 27.2 Å². The minimum absolute atomic E-state index is 0.0895. The van der Waals surface area contributed by atoms with Crippen LogP contribution in [0.2, 0.25) is 0 Å². The highest BCUT2D eigenvalue weighted by Crippen LogP contribution is 2.25. The Kier molecular flexibility index (Phi) is 5.19. The van der Waals surface area contributed by atoms with Crippen molar-refractivity contribution in [2.75, 3.05) is 12.9 Å². The zero-order valence-electron chi connectivity index (χ0n) is 14.3. The first-order valence-electron chi connectivity index (χ1n) is 8.06. The number of hydrogen-bond donors (Lipinski definition) is 0. The van der Waals surface area contributed by atoms with Crippen molar-refractivity contribution >= 4 is 32.7 Å². The molecule has 0 radical (unpaired) electrons. The van der Waals surface area contributed by atoms with Gasteiger partial charge >= 0.3 is 5.97 Å². The first-order valence-corrected chi connectivity index (χ1v) is 9.71. The van der Waals surface area contributed by atoms with Crippen molar-refractivity contribution in [2.24, 2.45) is 0 Å². The van der Waals surface area contributed by atoms with E-state index in [0.29, 0.717) is 5.39 Å². The Labute approximate surface area is 152 Å². The third-order valence-corrected chi connectivity index (χ3v) is 5.74. The second kappa shape index (κ2) is 7.54. The lowest BCUT2D eigenvalue weighted by Gasteiger charge is -2.10. The molecule has 0 aliphatic rings. The van der Waals surface area contributed by atoms with Crippen LogP contribution < -0.4 is 0 Å². The Morgan fingerprint density at radius 2 is 1.58 bits per heavy atom. The highest BCUT2D eigenvalue weighted by Gasteiger charge is 2.23. The number of benzene rings is 3. The maximum atomic E-state index is 13.0. The van der Waals surface area contributed by atoms with Gasteiger partial charge in [0.2, 0.25) is 0 Å². The van der Waals surface area contributed by atoms with E-state index in [9.17, 15) is 13.2 Å². The predicted molar refractivity (Wildman–Crippen MR) is 102 cm³/mol. The lowest BCUT2D eigenvalue weighted by Crippen LogP contribution is -2.16. The average molecular weight is 366 g/mol. The van der Waals surface area contributed by atoms with Crippen molar-refractivity contribution in [1.29, 1.82) is 0 Å². The number of carbonyl (C=O) groups excluding carboxylic acids is 1. The number of ether oxygens (including phenoxy) is 1. The van der Waals surface area contributed by atoms with Crippen LogP contribution in [0, 0.1) is 0 Å². The van der Waals surface area contributed by atoms with Gasteiger partial charge in [0.15, 0.2) is 9.84 Å². The molecule has 5 heteroatoms. The Bertz CT molecular complexity index is 1060. The molecule has 0 saturated heterocycles. The van der Waals surface area contributed by atoms with Crippen LogP contribution in [0.15, 0.2) is 83.3 Å². The van der Waals surface area contributed by atoms with E-state index in [1.165, 1.54) is 7.11 Å². The molecule has 132 valence electrons. The summed E-state index contributed by atoms with van der Waals surface area (Å²) in [6, 6.07) is 21.5. The van der Waals surface area contributed by atoms with Crippen LogP contribution in [0.25, 0.3) is 16.8 Å². The van der Waals surface area contributed by atoms with E-state index in [0.717, 1.165) is 10.9 Å². The summed E-state index contributed by atoms with van der Waals surface area (Å²) in [6.07, 6.45) is 1.55. The van der Waals surface area contributed by atoms with E-state index in [-0.39, 0.29) is 10.5 Å². The quantitative estimate of drug-likeness (QED) is 0.508. The first kappa shape index (κ1) is 17.9. The van der Waals surface area contributed by atoms with E-state index < -0.39 is 21.6 Å². The van der Waals surface area contributed by atoms with Crippen molar-refractivity contribution < 1.29 is 17.9 Å². The number of hydrogen-bond acceptors (Lipinski definition) is 4. The summed E-state index contributed by atoms with van der Waals surface area (Å²) in [5.74, 6) is -1.08. The molecule has 0 spiro atoms. The van der Waals surface area contributed by atoms with Gasteiger partial charge in [0, 0.05) is 5.39 Å². The second-order valence-corrected chi connectivity index (χ2v) is 7.77. The molecule has 3 aromatic rings. The highest BCUT2D eigenvalue weighted by atomic mass is 32.2. The summed E-state index contributed by atoms with van der Waals surface area (Å²) in [5, 5.41) is 1.47. The van der Waals surface area contributed by atoms with Crippen LogP contribution >= 0.6 is 0 Å². The van der Waals surface area contributed by atoms with Gasteiger partial charge in [-0.15, -0.1) is 0 Å². The van der Waals surface area contributed by atoms with Crippen LogP contribution in [0.5, 0.6) is 0 Å².